The first-order valence-corrected chi connectivity index (χ1v) is 8.91. The number of hydrogen-bond acceptors (Lipinski definition) is 3. The van der Waals surface area contributed by atoms with E-state index in [1.807, 2.05) is 26.0 Å². The molecule has 3 aromatic carbocycles. The fourth-order valence-electron chi connectivity index (χ4n) is 2.78. The largest absolute Gasteiger partial charge is 0.497 e. The molecule has 5 heteroatoms. The van der Waals surface area contributed by atoms with Crippen LogP contribution in [0.2, 0.25) is 0 Å². The fourth-order valence-corrected chi connectivity index (χ4v) is 2.78. The van der Waals surface area contributed by atoms with Gasteiger partial charge in [-0.05, 0) is 79.6 Å². The fraction of sp³-hybridized carbons (Fsp3) is 0.130. The van der Waals surface area contributed by atoms with Gasteiger partial charge in [0.25, 0.3) is 11.8 Å². The summed E-state index contributed by atoms with van der Waals surface area (Å²) in [6, 6.07) is 19.5. The van der Waals surface area contributed by atoms with Crippen molar-refractivity contribution in [1.29, 1.82) is 0 Å². The first-order valence-electron chi connectivity index (χ1n) is 8.91. The SMILES string of the molecule is COc1ccc(NC(=O)c2ccc(NC(=O)c3cccc(C)c3C)cc2)cc1. The predicted octanol–water partition coefficient (Wildman–Crippen LogP) is 4.82. The zero-order chi connectivity index (χ0) is 20.1. The predicted molar refractivity (Wildman–Crippen MR) is 111 cm³/mol. The molecule has 142 valence electrons. The minimum Gasteiger partial charge on any atom is -0.497 e. The van der Waals surface area contributed by atoms with E-state index in [0.29, 0.717) is 22.5 Å². The van der Waals surface area contributed by atoms with Gasteiger partial charge in [0.05, 0.1) is 7.11 Å². The van der Waals surface area contributed by atoms with Crippen LogP contribution in [0.1, 0.15) is 31.8 Å². The van der Waals surface area contributed by atoms with Gasteiger partial charge in [-0.2, -0.15) is 0 Å². The highest BCUT2D eigenvalue weighted by Gasteiger charge is 2.11. The maximum absolute atomic E-state index is 12.5. The molecule has 0 aliphatic rings. The Kier molecular flexibility index (Phi) is 5.75. The lowest BCUT2D eigenvalue weighted by Gasteiger charge is -2.10. The van der Waals surface area contributed by atoms with Crippen molar-refractivity contribution in [2.75, 3.05) is 17.7 Å². The highest BCUT2D eigenvalue weighted by molar-refractivity contribution is 6.07. The lowest BCUT2D eigenvalue weighted by Crippen LogP contribution is -2.15. The van der Waals surface area contributed by atoms with Gasteiger partial charge in [0, 0.05) is 22.5 Å². The molecule has 0 aromatic heterocycles. The van der Waals surface area contributed by atoms with Gasteiger partial charge in [0.2, 0.25) is 0 Å². The minimum atomic E-state index is -0.224. The van der Waals surface area contributed by atoms with Gasteiger partial charge in [0.15, 0.2) is 0 Å². The van der Waals surface area contributed by atoms with Crippen molar-refractivity contribution in [2.45, 2.75) is 13.8 Å². The summed E-state index contributed by atoms with van der Waals surface area (Å²) in [7, 11) is 1.59. The molecule has 0 aliphatic heterocycles. The van der Waals surface area contributed by atoms with E-state index >= 15 is 0 Å². The zero-order valence-corrected chi connectivity index (χ0v) is 16.1. The number of anilines is 2. The number of rotatable bonds is 5. The van der Waals surface area contributed by atoms with Gasteiger partial charge >= 0.3 is 0 Å². The molecule has 3 aromatic rings. The molecule has 2 amide bonds. The Morgan fingerprint density at radius 3 is 1.93 bits per heavy atom. The molecule has 3 rings (SSSR count). The monoisotopic (exact) mass is 374 g/mol. The molecule has 0 radical (unpaired) electrons. The van der Waals surface area contributed by atoms with Crippen molar-refractivity contribution < 1.29 is 14.3 Å². The summed E-state index contributed by atoms with van der Waals surface area (Å²) in [5.74, 6) is 0.330. The number of nitrogens with one attached hydrogen (secondary N) is 2. The normalized spacial score (nSPS) is 10.2. The summed E-state index contributed by atoms with van der Waals surface area (Å²) in [6.07, 6.45) is 0. The van der Waals surface area contributed by atoms with Gasteiger partial charge in [0.1, 0.15) is 5.75 Å². The van der Waals surface area contributed by atoms with Crippen LogP contribution in [0.3, 0.4) is 0 Å². The van der Waals surface area contributed by atoms with Crippen molar-refractivity contribution in [3.8, 4) is 5.75 Å². The summed E-state index contributed by atoms with van der Waals surface area (Å²) in [5.41, 5.74) is 4.47. The first kappa shape index (κ1) is 19.2. The molecule has 5 nitrogen and oxygen atoms in total. The quantitative estimate of drug-likeness (QED) is 0.673. The van der Waals surface area contributed by atoms with Crippen molar-refractivity contribution in [1.82, 2.24) is 0 Å². The van der Waals surface area contributed by atoms with Crippen LogP contribution in [0.5, 0.6) is 5.75 Å². The number of carbonyl (C=O) groups excluding carboxylic acids is 2. The molecular formula is C23H22N2O3. The van der Waals surface area contributed by atoms with Crippen molar-refractivity contribution in [3.05, 3.63) is 89.0 Å². The number of benzene rings is 3. The number of ether oxygens (including phenoxy) is 1. The molecule has 0 bridgehead atoms. The second-order valence-corrected chi connectivity index (χ2v) is 6.46. The molecule has 2 N–H and O–H groups in total. The van der Waals surface area contributed by atoms with Gasteiger partial charge in [-0.1, -0.05) is 12.1 Å². The van der Waals surface area contributed by atoms with E-state index < -0.39 is 0 Å². The summed E-state index contributed by atoms with van der Waals surface area (Å²) in [6.45, 7) is 3.90. The van der Waals surface area contributed by atoms with Crippen molar-refractivity contribution in [3.63, 3.8) is 0 Å². The molecular weight excluding hydrogens is 352 g/mol. The molecule has 0 saturated heterocycles. The summed E-state index contributed by atoms with van der Waals surface area (Å²) < 4.78 is 5.10. The Labute approximate surface area is 164 Å². The van der Waals surface area contributed by atoms with E-state index in [1.165, 1.54) is 0 Å². The zero-order valence-electron chi connectivity index (χ0n) is 16.1. The first-order chi connectivity index (χ1) is 13.5. The van der Waals surface area contributed by atoms with Gasteiger partial charge < -0.3 is 15.4 Å². The lowest BCUT2D eigenvalue weighted by atomic mass is 10.0. The van der Waals surface area contributed by atoms with E-state index in [9.17, 15) is 9.59 Å². The van der Waals surface area contributed by atoms with Crippen LogP contribution in [0.15, 0.2) is 66.7 Å². The van der Waals surface area contributed by atoms with Crippen molar-refractivity contribution in [2.24, 2.45) is 0 Å². The minimum absolute atomic E-state index is 0.170. The Balaban J connectivity index is 1.66. The number of aryl methyl sites for hydroxylation is 1. The van der Waals surface area contributed by atoms with Crippen LogP contribution < -0.4 is 15.4 Å². The second kappa shape index (κ2) is 8.39. The highest BCUT2D eigenvalue weighted by atomic mass is 16.5. The number of amides is 2. The van der Waals surface area contributed by atoms with Gasteiger partial charge in [-0.15, -0.1) is 0 Å². The summed E-state index contributed by atoms with van der Waals surface area (Å²) >= 11 is 0. The molecule has 0 fully saturated rings. The van der Waals surface area contributed by atoms with Gasteiger partial charge in [-0.25, -0.2) is 0 Å². The van der Waals surface area contributed by atoms with E-state index in [2.05, 4.69) is 10.6 Å². The average Bonchev–Trinajstić information content (AvgIpc) is 2.71. The van der Waals surface area contributed by atoms with Crippen LogP contribution in [0, 0.1) is 13.8 Å². The third-order valence-corrected chi connectivity index (χ3v) is 4.60. The van der Waals surface area contributed by atoms with Crippen LogP contribution in [-0.2, 0) is 0 Å². The summed E-state index contributed by atoms with van der Waals surface area (Å²) in [5, 5.41) is 5.70. The molecule has 0 unspecified atom stereocenters. The second-order valence-electron chi connectivity index (χ2n) is 6.46. The van der Waals surface area contributed by atoms with Crippen LogP contribution in [0.25, 0.3) is 0 Å². The molecule has 28 heavy (non-hydrogen) atoms. The molecule has 0 heterocycles. The van der Waals surface area contributed by atoms with Crippen LogP contribution >= 0.6 is 0 Å². The topological polar surface area (TPSA) is 67.4 Å². The third-order valence-electron chi connectivity index (χ3n) is 4.60. The average molecular weight is 374 g/mol. The van der Waals surface area contributed by atoms with E-state index in [-0.39, 0.29) is 11.8 Å². The standard InChI is InChI=1S/C23H22N2O3/c1-15-5-4-6-21(16(15)2)23(27)25-18-9-7-17(8-10-18)22(26)24-19-11-13-20(28-3)14-12-19/h4-14H,1-3H3,(H,24,26)(H,25,27). The lowest BCUT2D eigenvalue weighted by molar-refractivity contribution is 0.101. The number of carbonyl (C=O) groups is 2. The van der Waals surface area contributed by atoms with Crippen LogP contribution in [0.4, 0.5) is 11.4 Å². The van der Waals surface area contributed by atoms with E-state index in [0.717, 1.165) is 16.9 Å². The molecule has 0 atom stereocenters. The van der Waals surface area contributed by atoms with Crippen molar-refractivity contribution >= 4 is 23.2 Å². The molecule has 0 aliphatic carbocycles. The van der Waals surface area contributed by atoms with Gasteiger partial charge in [-0.3, -0.25) is 9.59 Å². The Morgan fingerprint density at radius 1 is 0.750 bits per heavy atom. The smallest absolute Gasteiger partial charge is 0.255 e. The van der Waals surface area contributed by atoms with E-state index in [4.69, 9.17) is 4.74 Å². The third kappa shape index (κ3) is 4.38. The molecule has 0 saturated carbocycles. The highest BCUT2D eigenvalue weighted by Crippen LogP contribution is 2.18. The number of methoxy groups -OCH3 is 1. The maximum Gasteiger partial charge on any atom is 0.255 e. The maximum atomic E-state index is 12.5. The Hall–Kier alpha value is -3.60. The Bertz CT molecular complexity index is 993. The number of hydrogen-bond donors (Lipinski definition) is 2. The molecule has 0 spiro atoms. The summed E-state index contributed by atoms with van der Waals surface area (Å²) in [4.78, 5) is 24.9. The van der Waals surface area contributed by atoms with E-state index in [1.54, 1.807) is 61.7 Å². The Morgan fingerprint density at radius 2 is 1.32 bits per heavy atom. The van der Waals surface area contributed by atoms with Crippen LogP contribution in [-0.4, -0.2) is 18.9 Å².